The van der Waals surface area contributed by atoms with Gasteiger partial charge in [0, 0.05) is 25.6 Å². The predicted octanol–water partition coefficient (Wildman–Crippen LogP) is 1.02. The van der Waals surface area contributed by atoms with Gasteiger partial charge in [0.1, 0.15) is 6.04 Å². The average molecular weight is 299 g/mol. The van der Waals surface area contributed by atoms with Crippen LogP contribution in [0.5, 0.6) is 0 Å². The van der Waals surface area contributed by atoms with Crippen LogP contribution in [0.2, 0.25) is 0 Å². The zero-order valence-electron chi connectivity index (χ0n) is 12.7. The van der Waals surface area contributed by atoms with Gasteiger partial charge in [0.2, 0.25) is 5.91 Å². The Morgan fingerprint density at radius 1 is 1.33 bits per heavy atom. The maximum atomic E-state index is 12.6. The molecule has 0 radical (unpaired) electrons. The van der Waals surface area contributed by atoms with Crippen molar-refractivity contribution in [3.63, 3.8) is 0 Å². The molecule has 0 aliphatic carbocycles. The fraction of sp³-hybridized carbons (Fsp3) is 0.786. The van der Waals surface area contributed by atoms with E-state index in [0.717, 1.165) is 12.8 Å². The van der Waals surface area contributed by atoms with E-state index in [1.54, 1.807) is 4.90 Å². The van der Waals surface area contributed by atoms with Crippen molar-refractivity contribution in [2.24, 2.45) is 5.73 Å². The third-order valence-electron chi connectivity index (χ3n) is 3.74. The molecular weight excluding hydrogens is 274 g/mol. The summed E-state index contributed by atoms with van der Waals surface area (Å²) >= 11 is 0. The molecule has 1 fully saturated rings. The third-order valence-corrected chi connectivity index (χ3v) is 3.74. The Bertz CT molecular complexity index is 398. The van der Waals surface area contributed by atoms with Crippen LogP contribution in [0.3, 0.4) is 0 Å². The van der Waals surface area contributed by atoms with Crippen molar-refractivity contribution in [3.05, 3.63) is 0 Å². The lowest BCUT2D eigenvalue weighted by Crippen LogP contribution is -2.56. The fourth-order valence-electron chi connectivity index (χ4n) is 2.60. The number of nitrogens with two attached hydrogens (primary N) is 1. The normalized spacial score (nSPS) is 18.6. The molecule has 7 heteroatoms. The van der Waals surface area contributed by atoms with Crippen LogP contribution >= 0.6 is 0 Å². The first-order valence-electron chi connectivity index (χ1n) is 7.43. The van der Waals surface area contributed by atoms with E-state index < -0.39 is 17.9 Å². The Morgan fingerprint density at radius 2 is 2.00 bits per heavy atom. The van der Waals surface area contributed by atoms with Crippen LogP contribution in [0.15, 0.2) is 0 Å². The summed E-state index contributed by atoms with van der Waals surface area (Å²) < 4.78 is 0. The molecule has 120 valence electrons. The number of hydrogen-bond donors (Lipinski definition) is 2. The van der Waals surface area contributed by atoms with Gasteiger partial charge in [-0.1, -0.05) is 0 Å². The number of carbonyl (C=O) groups is 3. The number of piperidine rings is 1. The lowest BCUT2D eigenvalue weighted by atomic mass is 10.0. The van der Waals surface area contributed by atoms with Crippen molar-refractivity contribution in [1.29, 1.82) is 0 Å². The van der Waals surface area contributed by atoms with Crippen LogP contribution in [0.4, 0.5) is 4.79 Å². The molecular formula is C14H25N3O4. The van der Waals surface area contributed by atoms with Crippen molar-refractivity contribution < 1.29 is 19.5 Å². The second-order valence-corrected chi connectivity index (χ2v) is 5.67. The second-order valence-electron chi connectivity index (χ2n) is 5.67. The Balaban J connectivity index is 2.73. The van der Waals surface area contributed by atoms with Crippen molar-refractivity contribution in [2.45, 2.75) is 58.0 Å². The van der Waals surface area contributed by atoms with Gasteiger partial charge in [0.05, 0.1) is 0 Å². The van der Waals surface area contributed by atoms with E-state index in [2.05, 4.69) is 0 Å². The Labute approximate surface area is 125 Å². The van der Waals surface area contributed by atoms with E-state index in [0.29, 0.717) is 25.9 Å². The lowest BCUT2D eigenvalue weighted by molar-refractivity contribution is -0.137. The maximum absolute atomic E-state index is 12.6. The molecule has 1 unspecified atom stereocenters. The number of hydrogen-bond acceptors (Lipinski definition) is 3. The summed E-state index contributed by atoms with van der Waals surface area (Å²) in [7, 11) is 0. The summed E-state index contributed by atoms with van der Waals surface area (Å²) in [5.74, 6) is -1.35. The monoisotopic (exact) mass is 299 g/mol. The highest BCUT2D eigenvalue weighted by Crippen LogP contribution is 2.19. The zero-order chi connectivity index (χ0) is 16.0. The van der Waals surface area contributed by atoms with Crippen LogP contribution in [-0.2, 0) is 9.59 Å². The van der Waals surface area contributed by atoms with Gasteiger partial charge < -0.3 is 20.6 Å². The molecule has 0 aromatic rings. The van der Waals surface area contributed by atoms with Crippen molar-refractivity contribution >= 4 is 17.9 Å². The molecule has 3 N–H and O–H groups in total. The van der Waals surface area contributed by atoms with Crippen molar-refractivity contribution in [3.8, 4) is 0 Å². The number of carboxylic acid groups (broad SMARTS) is 1. The van der Waals surface area contributed by atoms with Crippen molar-refractivity contribution in [1.82, 2.24) is 9.80 Å². The Hall–Kier alpha value is -1.79. The van der Waals surface area contributed by atoms with Crippen molar-refractivity contribution in [2.75, 3.05) is 13.1 Å². The minimum atomic E-state index is -0.876. The molecule has 0 bridgehead atoms. The quantitative estimate of drug-likeness (QED) is 0.764. The zero-order valence-corrected chi connectivity index (χ0v) is 12.7. The van der Waals surface area contributed by atoms with Gasteiger partial charge in [0.15, 0.2) is 0 Å². The average Bonchev–Trinajstić information content (AvgIpc) is 2.42. The first kappa shape index (κ1) is 17.3. The van der Waals surface area contributed by atoms with Gasteiger partial charge in [-0.25, -0.2) is 4.79 Å². The summed E-state index contributed by atoms with van der Waals surface area (Å²) in [5, 5.41) is 8.69. The number of nitrogens with zero attached hydrogens (tertiary/aromatic N) is 2. The third kappa shape index (κ3) is 4.91. The molecule has 1 heterocycles. The molecule has 3 amide bonds. The first-order valence-corrected chi connectivity index (χ1v) is 7.43. The van der Waals surface area contributed by atoms with Crippen LogP contribution in [0.1, 0.15) is 46.0 Å². The molecule has 0 aromatic carbocycles. The molecule has 0 spiro atoms. The van der Waals surface area contributed by atoms with E-state index in [4.69, 9.17) is 10.8 Å². The fourth-order valence-corrected chi connectivity index (χ4v) is 2.60. The molecule has 21 heavy (non-hydrogen) atoms. The number of likely N-dealkylation sites (tertiary alicyclic amines) is 1. The van der Waals surface area contributed by atoms with Gasteiger partial charge in [-0.05, 0) is 39.5 Å². The largest absolute Gasteiger partial charge is 0.481 e. The molecule has 7 nitrogen and oxygen atoms in total. The predicted molar refractivity (Wildman–Crippen MR) is 77.6 cm³/mol. The van der Waals surface area contributed by atoms with Crippen LogP contribution < -0.4 is 5.73 Å². The highest BCUT2D eigenvalue weighted by Gasteiger charge is 2.33. The van der Waals surface area contributed by atoms with Crippen LogP contribution in [0, 0.1) is 0 Å². The van der Waals surface area contributed by atoms with Crippen LogP contribution in [-0.4, -0.2) is 58.0 Å². The standard InChI is InChI=1S/C14H25N3O4/c1-10(2)16(9-5-7-12(18)19)14(21)17-8-4-3-6-11(17)13(15)20/h10-11H,3-9H2,1-2H3,(H2,15,20)(H,18,19). The molecule has 0 aromatic heterocycles. The summed E-state index contributed by atoms with van der Waals surface area (Å²) in [5.41, 5.74) is 5.38. The number of urea groups is 1. The van der Waals surface area contributed by atoms with E-state index in [1.807, 2.05) is 13.8 Å². The summed E-state index contributed by atoms with van der Waals surface area (Å²) in [6.07, 6.45) is 2.76. The number of aliphatic carboxylic acids is 1. The molecule has 0 saturated carbocycles. The van der Waals surface area contributed by atoms with Gasteiger partial charge in [-0.2, -0.15) is 0 Å². The minimum absolute atomic E-state index is 0.0236. The van der Waals surface area contributed by atoms with E-state index >= 15 is 0 Å². The molecule has 1 rings (SSSR count). The van der Waals surface area contributed by atoms with Gasteiger partial charge >= 0.3 is 12.0 Å². The Morgan fingerprint density at radius 3 is 2.52 bits per heavy atom. The van der Waals surface area contributed by atoms with E-state index in [1.165, 1.54) is 4.90 Å². The molecule has 1 aliphatic rings. The molecule has 1 atom stereocenters. The first-order chi connectivity index (χ1) is 9.84. The topological polar surface area (TPSA) is 104 Å². The summed E-state index contributed by atoms with van der Waals surface area (Å²) in [6, 6.07) is -0.826. The number of carboxylic acids is 1. The second kappa shape index (κ2) is 7.85. The number of primary amides is 1. The highest BCUT2D eigenvalue weighted by atomic mass is 16.4. The highest BCUT2D eigenvalue weighted by molar-refractivity contribution is 5.86. The summed E-state index contributed by atoms with van der Waals surface area (Å²) in [6.45, 7) is 4.64. The van der Waals surface area contributed by atoms with Gasteiger partial charge in [-0.15, -0.1) is 0 Å². The lowest BCUT2D eigenvalue weighted by Gasteiger charge is -2.39. The molecule has 1 aliphatic heterocycles. The SMILES string of the molecule is CC(C)N(CCCC(=O)O)C(=O)N1CCCCC1C(N)=O. The van der Waals surface area contributed by atoms with E-state index in [-0.39, 0.29) is 18.5 Å². The number of carbonyl (C=O) groups excluding carboxylic acids is 2. The number of amides is 3. The maximum Gasteiger partial charge on any atom is 0.320 e. The van der Waals surface area contributed by atoms with Gasteiger partial charge in [0.25, 0.3) is 0 Å². The van der Waals surface area contributed by atoms with E-state index in [9.17, 15) is 14.4 Å². The van der Waals surface area contributed by atoms with Crippen LogP contribution in [0.25, 0.3) is 0 Å². The smallest absolute Gasteiger partial charge is 0.320 e. The number of rotatable bonds is 6. The van der Waals surface area contributed by atoms with Gasteiger partial charge in [-0.3, -0.25) is 9.59 Å². The Kier molecular flexibility index (Phi) is 6.45. The minimum Gasteiger partial charge on any atom is -0.481 e. The molecule has 1 saturated heterocycles. The summed E-state index contributed by atoms with van der Waals surface area (Å²) in [4.78, 5) is 37.9.